The monoisotopic (exact) mass is 540 g/mol. The molecule has 6 nitrogen and oxygen atoms in total. The van der Waals surface area contributed by atoms with E-state index in [1.54, 1.807) is 16.7 Å². The number of piperidine rings is 1. The average Bonchev–Trinajstić information content (AvgIpc) is 3.54. The molecular formula is C35H36N6. The second kappa shape index (κ2) is 8.30. The first kappa shape index (κ1) is 23.1. The highest BCUT2D eigenvalue weighted by atomic mass is 15.1. The molecule has 4 fully saturated rings. The predicted octanol–water partition coefficient (Wildman–Crippen LogP) is 6.56. The molecule has 4 heterocycles. The molecule has 1 spiro atoms. The summed E-state index contributed by atoms with van der Waals surface area (Å²) in [4.78, 5) is 16.9. The van der Waals surface area contributed by atoms with Gasteiger partial charge in [-0.3, -0.25) is 5.32 Å². The number of aromatic amines is 2. The third kappa shape index (κ3) is 3.70. The highest BCUT2D eigenvalue weighted by Gasteiger charge is 2.47. The van der Waals surface area contributed by atoms with Gasteiger partial charge in [-0.2, -0.15) is 0 Å². The van der Waals surface area contributed by atoms with Gasteiger partial charge in [-0.15, -0.1) is 0 Å². The highest BCUT2D eigenvalue weighted by Crippen LogP contribution is 2.53. The van der Waals surface area contributed by atoms with Crippen LogP contribution in [-0.4, -0.2) is 32.0 Å². The van der Waals surface area contributed by atoms with Crippen LogP contribution in [0.1, 0.15) is 79.8 Å². The SMILES string of the molecule is C1=C2CC(c3ncc(-c4ccc(-c5ccc(-c6cnc(C7CC8CC8N7)[nH]6)cc5)c5c4CC4(CCCC4)C5)[nH]3)NC12. The average molecular weight is 541 g/mol. The van der Waals surface area contributed by atoms with Crippen LogP contribution in [0.4, 0.5) is 0 Å². The number of hydrogen-bond acceptors (Lipinski definition) is 4. The van der Waals surface area contributed by atoms with Gasteiger partial charge in [0.1, 0.15) is 11.6 Å². The normalized spacial score (nSPS) is 30.0. The van der Waals surface area contributed by atoms with Crippen LogP contribution >= 0.6 is 0 Å². The van der Waals surface area contributed by atoms with Crippen molar-refractivity contribution in [2.45, 2.75) is 82.0 Å². The molecule has 6 aliphatic rings. The molecule has 0 radical (unpaired) electrons. The number of imidazole rings is 2. The summed E-state index contributed by atoms with van der Waals surface area (Å²) in [6.45, 7) is 0. The molecule has 4 N–H and O–H groups in total. The van der Waals surface area contributed by atoms with Crippen molar-refractivity contribution in [2.75, 3.05) is 0 Å². The quantitative estimate of drug-likeness (QED) is 0.216. The molecule has 6 heteroatoms. The Kier molecular flexibility index (Phi) is 4.68. The molecule has 4 aromatic rings. The lowest BCUT2D eigenvalue weighted by atomic mass is 9.82. The van der Waals surface area contributed by atoms with E-state index in [1.807, 2.05) is 6.20 Å². The number of nitrogens with zero attached hydrogens (tertiary/aromatic N) is 2. The minimum Gasteiger partial charge on any atom is -0.341 e. The van der Waals surface area contributed by atoms with Gasteiger partial charge in [0.25, 0.3) is 0 Å². The van der Waals surface area contributed by atoms with Gasteiger partial charge in [0.15, 0.2) is 0 Å². The summed E-state index contributed by atoms with van der Waals surface area (Å²) in [5, 5.41) is 7.38. The van der Waals surface area contributed by atoms with Crippen molar-refractivity contribution in [2.24, 2.45) is 11.3 Å². The van der Waals surface area contributed by atoms with Crippen molar-refractivity contribution >= 4 is 0 Å². The molecule has 2 aliphatic heterocycles. The topological polar surface area (TPSA) is 81.4 Å². The highest BCUT2D eigenvalue weighted by molar-refractivity contribution is 5.78. The van der Waals surface area contributed by atoms with E-state index in [0.29, 0.717) is 23.5 Å². The van der Waals surface area contributed by atoms with Gasteiger partial charge in [0.05, 0.1) is 35.9 Å². The Bertz CT molecular complexity index is 1710. The summed E-state index contributed by atoms with van der Waals surface area (Å²) >= 11 is 0. The molecule has 2 saturated heterocycles. The zero-order valence-electron chi connectivity index (χ0n) is 23.3. The van der Waals surface area contributed by atoms with Gasteiger partial charge in [0, 0.05) is 17.6 Å². The molecule has 0 bridgehead atoms. The summed E-state index contributed by atoms with van der Waals surface area (Å²) in [6, 6.07) is 15.9. The minimum absolute atomic E-state index is 0.326. The lowest BCUT2D eigenvalue weighted by Gasteiger charge is -2.22. The number of rotatable bonds is 5. The molecule has 2 aromatic carbocycles. The van der Waals surface area contributed by atoms with Crippen LogP contribution in [0.3, 0.4) is 0 Å². The molecule has 206 valence electrons. The number of hydrogen-bond donors (Lipinski definition) is 4. The minimum atomic E-state index is 0.326. The van der Waals surface area contributed by atoms with Crippen LogP contribution in [0.5, 0.6) is 0 Å². The standard InChI is InChI=1S/C35H36N6/c1-2-10-35(9-1)15-25-23(7-8-24(26(25)16-35)32-18-37-34(41-32)30-14-22-12-28(22)39-30)19-3-5-20(6-4-19)31-17-36-33(40-31)29-13-21-11-27(21)38-29/h3-8,12,17-18,21,27-30,38-39H,1-2,9-11,13-16H2,(H,36,40)(H,37,41). The van der Waals surface area contributed by atoms with Crippen molar-refractivity contribution in [1.29, 1.82) is 0 Å². The van der Waals surface area contributed by atoms with Gasteiger partial charge < -0.3 is 15.3 Å². The molecule has 5 unspecified atom stereocenters. The predicted molar refractivity (Wildman–Crippen MR) is 160 cm³/mol. The van der Waals surface area contributed by atoms with E-state index in [9.17, 15) is 0 Å². The fourth-order valence-electron chi connectivity index (χ4n) is 8.79. The van der Waals surface area contributed by atoms with Crippen LogP contribution < -0.4 is 10.6 Å². The van der Waals surface area contributed by atoms with E-state index in [4.69, 9.17) is 9.97 Å². The van der Waals surface area contributed by atoms with E-state index in [-0.39, 0.29) is 0 Å². The second-order valence-corrected chi connectivity index (χ2v) is 13.8. The Morgan fingerprint density at radius 1 is 0.707 bits per heavy atom. The molecule has 4 aliphatic carbocycles. The molecule has 5 atom stereocenters. The van der Waals surface area contributed by atoms with E-state index in [2.05, 4.69) is 69.3 Å². The molecule has 41 heavy (non-hydrogen) atoms. The van der Waals surface area contributed by atoms with Gasteiger partial charge in [-0.05, 0) is 89.7 Å². The molecule has 10 rings (SSSR count). The molecule has 2 saturated carbocycles. The molecular weight excluding hydrogens is 504 g/mol. The Balaban J connectivity index is 0.972. The summed E-state index contributed by atoms with van der Waals surface area (Å²) < 4.78 is 0. The maximum atomic E-state index is 4.84. The van der Waals surface area contributed by atoms with Crippen molar-refractivity contribution in [3.63, 3.8) is 0 Å². The molecule has 0 amide bonds. The fourth-order valence-corrected chi connectivity index (χ4v) is 8.79. The van der Waals surface area contributed by atoms with Gasteiger partial charge in [0.2, 0.25) is 0 Å². The smallest absolute Gasteiger partial charge is 0.124 e. The zero-order chi connectivity index (χ0) is 26.7. The number of H-pyrrole nitrogens is 2. The summed E-state index contributed by atoms with van der Waals surface area (Å²) in [5.74, 6) is 3.04. The number of fused-ring (bicyclic) bond motifs is 3. The summed E-state index contributed by atoms with van der Waals surface area (Å²) in [6.07, 6.45) is 17.9. The van der Waals surface area contributed by atoms with Gasteiger partial charge in [-0.1, -0.05) is 55.3 Å². The lowest BCUT2D eigenvalue weighted by Crippen LogP contribution is -2.19. The van der Waals surface area contributed by atoms with Crippen LogP contribution in [0, 0.1) is 11.3 Å². The third-order valence-electron chi connectivity index (χ3n) is 11.2. The number of aromatic nitrogens is 4. The summed E-state index contributed by atoms with van der Waals surface area (Å²) in [7, 11) is 0. The van der Waals surface area contributed by atoms with Crippen molar-refractivity contribution in [1.82, 2.24) is 30.6 Å². The maximum absolute atomic E-state index is 4.84. The largest absolute Gasteiger partial charge is 0.341 e. The van der Waals surface area contributed by atoms with Crippen LogP contribution in [0.25, 0.3) is 33.6 Å². The number of nitrogens with one attached hydrogen (secondary N) is 4. The zero-order valence-corrected chi connectivity index (χ0v) is 23.3. The van der Waals surface area contributed by atoms with Crippen molar-refractivity contribution < 1.29 is 0 Å². The van der Waals surface area contributed by atoms with Crippen molar-refractivity contribution in [3.05, 3.63) is 83.2 Å². The van der Waals surface area contributed by atoms with Crippen LogP contribution in [0.2, 0.25) is 0 Å². The summed E-state index contributed by atoms with van der Waals surface area (Å²) in [5.41, 5.74) is 12.7. The van der Waals surface area contributed by atoms with E-state index in [0.717, 1.165) is 35.7 Å². The Morgan fingerprint density at radius 3 is 2.17 bits per heavy atom. The van der Waals surface area contributed by atoms with Crippen molar-refractivity contribution in [3.8, 4) is 33.6 Å². The Hall–Kier alpha value is -3.48. The molecule has 2 aromatic heterocycles. The number of benzene rings is 2. The first-order chi connectivity index (χ1) is 20.2. The third-order valence-corrected chi connectivity index (χ3v) is 11.2. The van der Waals surface area contributed by atoms with Crippen LogP contribution in [-0.2, 0) is 12.8 Å². The first-order valence-electron chi connectivity index (χ1n) is 15.8. The second-order valence-electron chi connectivity index (χ2n) is 13.8. The van der Waals surface area contributed by atoms with Gasteiger partial charge >= 0.3 is 0 Å². The van der Waals surface area contributed by atoms with Gasteiger partial charge in [-0.25, -0.2) is 9.97 Å². The first-order valence-corrected chi connectivity index (χ1v) is 15.8. The lowest BCUT2D eigenvalue weighted by molar-refractivity contribution is 0.318. The Labute approximate surface area is 240 Å². The fraction of sp³-hybridized carbons (Fsp3) is 0.429. The Morgan fingerprint density at radius 2 is 1.41 bits per heavy atom. The van der Waals surface area contributed by atoms with E-state index >= 15 is 0 Å². The maximum Gasteiger partial charge on any atom is 0.124 e. The van der Waals surface area contributed by atoms with Crippen LogP contribution in [0.15, 0.2) is 60.4 Å². The van der Waals surface area contributed by atoms with E-state index < -0.39 is 0 Å². The van der Waals surface area contributed by atoms with E-state index in [1.165, 1.54) is 79.3 Å².